The maximum atomic E-state index is 12.6. The van der Waals surface area contributed by atoms with Gasteiger partial charge in [-0.1, -0.05) is 6.92 Å². The Kier molecular flexibility index (Phi) is 6.74. The van der Waals surface area contributed by atoms with E-state index in [1.54, 1.807) is 12.1 Å². The van der Waals surface area contributed by atoms with Gasteiger partial charge in [-0.3, -0.25) is 14.4 Å². The Morgan fingerprint density at radius 1 is 1.29 bits per heavy atom. The number of aliphatic hydroxyl groups is 1. The van der Waals surface area contributed by atoms with E-state index >= 15 is 0 Å². The van der Waals surface area contributed by atoms with Crippen LogP contribution in [0, 0.1) is 11.8 Å². The van der Waals surface area contributed by atoms with Gasteiger partial charge in [-0.25, -0.2) is 4.79 Å². The van der Waals surface area contributed by atoms with Crippen LogP contribution in [0.3, 0.4) is 0 Å². The van der Waals surface area contributed by atoms with Gasteiger partial charge >= 0.3 is 11.9 Å². The molecule has 3 aliphatic heterocycles. The summed E-state index contributed by atoms with van der Waals surface area (Å²) in [6, 6.07) is 2.34. The number of nitrogens with one attached hydrogen (secondary N) is 2. The fraction of sp³-hybridized carbons (Fsp3) is 0.545. The lowest BCUT2D eigenvalue weighted by molar-refractivity contribution is -0.163. The maximum Gasteiger partial charge on any atom is 0.353 e. The Morgan fingerprint density at radius 3 is 2.65 bits per heavy atom. The number of furan rings is 1. The normalized spacial score (nSPS) is 29.1. The number of carboxylic acid groups (broad SMARTS) is 2. The molecule has 4 rings (SSSR count). The van der Waals surface area contributed by atoms with Gasteiger partial charge in [-0.05, 0) is 25.5 Å². The Hall–Kier alpha value is -2.83. The lowest BCUT2D eigenvalue weighted by Gasteiger charge is -2.46. The number of hydrogen-bond donors (Lipinski definition) is 5. The number of aliphatic carboxylic acids is 2. The van der Waals surface area contributed by atoms with Crippen LogP contribution in [-0.2, 0) is 32.1 Å². The van der Waals surface area contributed by atoms with Gasteiger partial charge in [0.15, 0.2) is 0 Å². The molecule has 6 atom stereocenters. The highest BCUT2D eigenvalue weighted by Crippen LogP contribution is 2.51. The monoisotopic (exact) mass is 493 g/mol. The van der Waals surface area contributed by atoms with Crippen molar-refractivity contribution in [3.05, 3.63) is 34.3 Å². The standard InChI is InChI=1S/C22H27N3O8S/c1-9-17-16(10(2)26)21(30)25(17)18(22(31)32)19(9)34-13-6-14(23-8-13)20(29)24-7-12-4-3-11(33-12)5-15(27)28/h3-4,9-10,13-14,16-17,23,26H,5-8H2,1-2H3,(H,24,29)(H,27,28)(H,31,32)/t9-,10-,13+,14+,16-,17-/m1/s1. The first-order chi connectivity index (χ1) is 16.1. The number of thioether (sulfide) groups is 1. The van der Waals surface area contributed by atoms with Crippen LogP contribution in [0.25, 0.3) is 0 Å². The summed E-state index contributed by atoms with van der Waals surface area (Å²) in [6.07, 6.45) is -0.613. The fourth-order valence-electron chi connectivity index (χ4n) is 4.91. The zero-order valence-electron chi connectivity index (χ0n) is 18.7. The van der Waals surface area contributed by atoms with Crippen molar-refractivity contribution in [1.82, 2.24) is 15.5 Å². The molecule has 0 aliphatic carbocycles. The number of amides is 2. The van der Waals surface area contributed by atoms with Gasteiger partial charge in [0.1, 0.15) is 23.6 Å². The van der Waals surface area contributed by atoms with Gasteiger partial charge in [0.25, 0.3) is 0 Å². The number of nitrogens with zero attached hydrogens (tertiary/aromatic N) is 1. The molecular formula is C22H27N3O8S. The second-order valence-electron chi connectivity index (χ2n) is 8.86. The lowest BCUT2D eigenvalue weighted by Crippen LogP contribution is -2.63. The number of carboxylic acids is 2. The molecule has 1 aromatic rings. The average molecular weight is 494 g/mol. The van der Waals surface area contributed by atoms with E-state index in [1.165, 1.54) is 23.6 Å². The summed E-state index contributed by atoms with van der Waals surface area (Å²) in [5, 5.41) is 34.4. The number of rotatable bonds is 9. The van der Waals surface area contributed by atoms with E-state index in [4.69, 9.17) is 9.52 Å². The minimum absolute atomic E-state index is 0.0210. The summed E-state index contributed by atoms with van der Waals surface area (Å²) in [5.41, 5.74) is -0.0210. The quantitative estimate of drug-likeness (QED) is 0.298. The fourth-order valence-corrected chi connectivity index (χ4v) is 6.39. The van der Waals surface area contributed by atoms with Crippen molar-refractivity contribution in [3.8, 4) is 0 Å². The van der Waals surface area contributed by atoms with Crippen LogP contribution < -0.4 is 10.6 Å². The van der Waals surface area contributed by atoms with Crippen molar-refractivity contribution in [2.45, 2.75) is 56.7 Å². The summed E-state index contributed by atoms with van der Waals surface area (Å²) in [7, 11) is 0. The van der Waals surface area contributed by atoms with Crippen LogP contribution in [0.5, 0.6) is 0 Å². The molecule has 0 spiro atoms. The van der Waals surface area contributed by atoms with Gasteiger partial charge in [-0.15, -0.1) is 11.8 Å². The minimum Gasteiger partial charge on any atom is -0.481 e. The minimum atomic E-state index is -1.17. The average Bonchev–Trinajstić information content (AvgIpc) is 3.45. The molecule has 184 valence electrons. The van der Waals surface area contributed by atoms with Gasteiger partial charge in [0.2, 0.25) is 11.8 Å². The van der Waals surface area contributed by atoms with Crippen LogP contribution in [0.15, 0.2) is 27.2 Å². The predicted octanol–water partition coefficient (Wildman–Crippen LogP) is 0.140. The molecule has 0 radical (unpaired) electrons. The van der Waals surface area contributed by atoms with Crippen molar-refractivity contribution < 1.29 is 38.9 Å². The molecule has 0 saturated carbocycles. The van der Waals surface area contributed by atoms with Gasteiger partial charge in [-0.2, -0.15) is 0 Å². The first-order valence-corrected chi connectivity index (χ1v) is 11.9. The largest absolute Gasteiger partial charge is 0.481 e. The van der Waals surface area contributed by atoms with E-state index in [0.29, 0.717) is 29.4 Å². The molecule has 2 saturated heterocycles. The van der Waals surface area contributed by atoms with Crippen molar-refractivity contribution in [2.75, 3.05) is 6.54 Å². The second kappa shape index (κ2) is 9.43. The molecule has 1 aromatic heterocycles. The van der Waals surface area contributed by atoms with Gasteiger partial charge in [0, 0.05) is 22.6 Å². The summed E-state index contributed by atoms with van der Waals surface area (Å²) in [5.74, 6) is -2.86. The molecule has 11 nitrogen and oxygen atoms in total. The zero-order chi connectivity index (χ0) is 24.7. The van der Waals surface area contributed by atoms with Crippen LogP contribution in [0.4, 0.5) is 0 Å². The number of β-lactam (4-membered cyclic amide) rings is 1. The molecule has 0 unspecified atom stereocenters. The Labute approximate surface area is 199 Å². The van der Waals surface area contributed by atoms with E-state index in [9.17, 15) is 29.4 Å². The highest BCUT2D eigenvalue weighted by atomic mass is 32.2. The topological polar surface area (TPSA) is 169 Å². The van der Waals surface area contributed by atoms with Crippen LogP contribution in [-0.4, -0.2) is 74.0 Å². The summed E-state index contributed by atoms with van der Waals surface area (Å²) >= 11 is 1.37. The first-order valence-electron chi connectivity index (χ1n) is 11.0. The zero-order valence-corrected chi connectivity index (χ0v) is 19.5. The Morgan fingerprint density at radius 2 is 2.00 bits per heavy atom. The number of carbonyl (C=O) groups excluding carboxylic acids is 2. The van der Waals surface area contributed by atoms with Crippen molar-refractivity contribution >= 4 is 35.5 Å². The number of hydrogen-bond acceptors (Lipinski definition) is 8. The highest BCUT2D eigenvalue weighted by molar-refractivity contribution is 8.03. The number of fused-ring (bicyclic) bond motifs is 1. The van der Waals surface area contributed by atoms with E-state index in [0.717, 1.165) is 0 Å². The van der Waals surface area contributed by atoms with E-state index in [1.807, 2.05) is 6.92 Å². The smallest absolute Gasteiger partial charge is 0.353 e. The summed E-state index contributed by atoms with van der Waals surface area (Å²) < 4.78 is 5.39. The van der Waals surface area contributed by atoms with Crippen molar-refractivity contribution in [3.63, 3.8) is 0 Å². The van der Waals surface area contributed by atoms with E-state index in [2.05, 4.69) is 10.6 Å². The first kappa shape index (κ1) is 24.3. The van der Waals surface area contributed by atoms with Crippen molar-refractivity contribution in [2.24, 2.45) is 11.8 Å². The summed E-state index contributed by atoms with van der Waals surface area (Å²) in [4.78, 5) is 49.6. The van der Waals surface area contributed by atoms with Gasteiger partial charge in [0.05, 0.1) is 30.7 Å². The molecule has 0 aromatic carbocycles. The van der Waals surface area contributed by atoms with E-state index in [-0.39, 0.29) is 47.7 Å². The maximum absolute atomic E-state index is 12.6. The molecule has 12 heteroatoms. The predicted molar refractivity (Wildman–Crippen MR) is 119 cm³/mol. The lowest BCUT2D eigenvalue weighted by atomic mass is 9.79. The molecule has 2 amide bonds. The molecule has 4 heterocycles. The third kappa shape index (κ3) is 4.44. The molecule has 0 bridgehead atoms. The van der Waals surface area contributed by atoms with Crippen LogP contribution in [0.1, 0.15) is 31.8 Å². The Balaban J connectivity index is 1.35. The van der Waals surface area contributed by atoms with E-state index < -0.39 is 30.0 Å². The third-order valence-electron chi connectivity index (χ3n) is 6.49. The van der Waals surface area contributed by atoms with Crippen molar-refractivity contribution in [1.29, 1.82) is 0 Å². The molecule has 3 aliphatic rings. The second-order valence-corrected chi connectivity index (χ2v) is 10.2. The highest BCUT2D eigenvalue weighted by Gasteiger charge is 2.60. The molecule has 34 heavy (non-hydrogen) atoms. The van der Waals surface area contributed by atoms with Crippen LogP contribution in [0.2, 0.25) is 0 Å². The third-order valence-corrected chi connectivity index (χ3v) is 8.00. The number of carbonyl (C=O) groups is 4. The molecule has 5 N–H and O–H groups in total. The molecule has 2 fully saturated rings. The number of aliphatic hydroxyl groups excluding tert-OH is 1. The molecular weight excluding hydrogens is 466 g/mol. The van der Waals surface area contributed by atoms with Crippen LogP contribution >= 0.6 is 11.8 Å². The van der Waals surface area contributed by atoms with Gasteiger partial charge < -0.3 is 35.3 Å². The Bertz CT molecular complexity index is 1050. The SMILES string of the molecule is C[C@@H](O)[C@H]1C(=O)N2C(C(=O)O)=C(S[C@@H]3CN[C@H](C(=O)NCc4ccc(CC(=O)O)o4)C3)[C@H](C)[C@H]12. The summed E-state index contributed by atoms with van der Waals surface area (Å²) in [6.45, 7) is 4.03.